The second kappa shape index (κ2) is 2.51. The molecule has 4 N–H and O–H groups in total. The zero-order valence-electron chi connectivity index (χ0n) is 5.09. The summed E-state index contributed by atoms with van der Waals surface area (Å²) in [6.45, 7) is 0.465. The first-order chi connectivity index (χ1) is 4.34. The lowest BCUT2D eigenvalue weighted by molar-refractivity contribution is 1.07. The molecule has 0 atom stereocenters. The summed E-state index contributed by atoms with van der Waals surface area (Å²) in [6, 6.07) is 8.40. The van der Waals surface area contributed by atoms with Crippen molar-refractivity contribution in [1.82, 2.24) is 0 Å². The van der Waals surface area contributed by atoms with Crippen molar-refractivity contribution in [2.24, 2.45) is 5.73 Å². The predicted molar refractivity (Wildman–Crippen MR) is 37.6 cm³/mol. The molecule has 1 aromatic carbocycles. The van der Waals surface area contributed by atoms with E-state index in [1.54, 1.807) is 6.07 Å². The maximum absolute atomic E-state index is 5.52. The number of nitrogen functional groups attached to an aromatic ring is 1. The van der Waals surface area contributed by atoms with E-state index in [1.807, 2.05) is 12.1 Å². The van der Waals surface area contributed by atoms with Crippen molar-refractivity contribution in [2.45, 2.75) is 6.54 Å². The SMILES string of the molecule is NCc1[c]cccc1N. The molecule has 0 heterocycles. The minimum atomic E-state index is 0.465. The summed E-state index contributed by atoms with van der Waals surface area (Å²) in [5, 5.41) is 0. The fraction of sp³-hybridized carbons (Fsp3) is 0.143. The second-order valence-electron chi connectivity index (χ2n) is 1.81. The highest BCUT2D eigenvalue weighted by Gasteiger charge is 1.91. The van der Waals surface area contributed by atoms with Crippen LogP contribution in [0.5, 0.6) is 0 Å². The normalized spacial score (nSPS) is 9.44. The smallest absolute Gasteiger partial charge is 0.0365 e. The fourth-order valence-electron chi connectivity index (χ4n) is 0.661. The van der Waals surface area contributed by atoms with Crippen LogP contribution in [0, 0.1) is 6.07 Å². The molecule has 2 heteroatoms. The zero-order chi connectivity index (χ0) is 6.69. The van der Waals surface area contributed by atoms with Gasteiger partial charge in [-0.2, -0.15) is 0 Å². The van der Waals surface area contributed by atoms with Gasteiger partial charge in [-0.05, 0) is 17.7 Å². The number of hydrogen-bond donors (Lipinski definition) is 2. The van der Waals surface area contributed by atoms with Crippen molar-refractivity contribution in [2.75, 3.05) is 5.73 Å². The lowest BCUT2D eigenvalue weighted by atomic mass is 10.2. The second-order valence-corrected chi connectivity index (χ2v) is 1.81. The largest absolute Gasteiger partial charge is 0.398 e. The standard InChI is InChI=1S/C7H9N2/c8-5-6-3-1-2-4-7(6)9/h1-2,4H,5,8-9H2. The number of benzene rings is 1. The molecule has 0 aliphatic carbocycles. The number of hydrogen-bond acceptors (Lipinski definition) is 2. The van der Waals surface area contributed by atoms with Crippen LogP contribution in [-0.2, 0) is 6.54 Å². The van der Waals surface area contributed by atoms with Crippen molar-refractivity contribution in [3.8, 4) is 0 Å². The van der Waals surface area contributed by atoms with Crippen LogP contribution in [0.4, 0.5) is 5.69 Å². The van der Waals surface area contributed by atoms with E-state index in [-0.39, 0.29) is 0 Å². The Morgan fingerprint density at radius 1 is 1.56 bits per heavy atom. The van der Waals surface area contributed by atoms with E-state index in [0.717, 1.165) is 11.3 Å². The summed E-state index contributed by atoms with van der Waals surface area (Å²) >= 11 is 0. The van der Waals surface area contributed by atoms with Crippen LogP contribution >= 0.6 is 0 Å². The zero-order valence-corrected chi connectivity index (χ0v) is 5.09. The van der Waals surface area contributed by atoms with Gasteiger partial charge in [0.05, 0.1) is 0 Å². The first-order valence-corrected chi connectivity index (χ1v) is 2.79. The quantitative estimate of drug-likeness (QED) is 0.532. The van der Waals surface area contributed by atoms with Gasteiger partial charge in [-0.1, -0.05) is 12.1 Å². The van der Waals surface area contributed by atoms with E-state index in [9.17, 15) is 0 Å². The van der Waals surface area contributed by atoms with Gasteiger partial charge in [0.25, 0.3) is 0 Å². The van der Waals surface area contributed by atoms with Crippen molar-refractivity contribution >= 4 is 5.69 Å². The third kappa shape index (κ3) is 1.21. The van der Waals surface area contributed by atoms with E-state index in [2.05, 4.69) is 6.07 Å². The first kappa shape index (κ1) is 6.11. The number of anilines is 1. The average molecular weight is 121 g/mol. The fourth-order valence-corrected chi connectivity index (χ4v) is 0.661. The molecule has 1 radical (unpaired) electrons. The molecule has 0 aromatic heterocycles. The molecule has 47 valence electrons. The average Bonchev–Trinajstić information content (AvgIpc) is 1.89. The predicted octanol–water partition coefficient (Wildman–Crippen LogP) is 0.528. The third-order valence-corrected chi connectivity index (χ3v) is 1.18. The van der Waals surface area contributed by atoms with Crippen LogP contribution in [0.15, 0.2) is 18.2 Å². The van der Waals surface area contributed by atoms with Gasteiger partial charge in [0, 0.05) is 12.2 Å². The highest BCUT2D eigenvalue weighted by atomic mass is 14.6. The summed E-state index contributed by atoms with van der Waals surface area (Å²) < 4.78 is 0. The van der Waals surface area contributed by atoms with Crippen molar-refractivity contribution in [1.29, 1.82) is 0 Å². The Balaban J connectivity index is 3.01. The molecule has 2 nitrogen and oxygen atoms in total. The van der Waals surface area contributed by atoms with E-state index in [1.165, 1.54) is 0 Å². The molecule has 0 amide bonds. The molecule has 1 aromatic rings. The van der Waals surface area contributed by atoms with Crippen LogP contribution in [0.3, 0.4) is 0 Å². The maximum Gasteiger partial charge on any atom is 0.0365 e. The summed E-state index contributed by atoms with van der Waals surface area (Å²) in [5.74, 6) is 0. The lowest BCUT2D eigenvalue weighted by Gasteiger charge is -1.97. The molecule has 0 aliphatic rings. The van der Waals surface area contributed by atoms with Crippen LogP contribution < -0.4 is 11.5 Å². The topological polar surface area (TPSA) is 52.0 Å². The van der Waals surface area contributed by atoms with Crippen LogP contribution in [0.25, 0.3) is 0 Å². The molecule has 0 aliphatic heterocycles. The molecular formula is C7H9N2. The van der Waals surface area contributed by atoms with Crippen molar-refractivity contribution < 1.29 is 0 Å². The van der Waals surface area contributed by atoms with Crippen LogP contribution in [0.2, 0.25) is 0 Å². The van der Waals surface area contributed by atoms with Gasteiger partial charge < -0.3 is 11.5 Å². The Morgan fingerprint density at radius 3 is 2.78 bits per heavy atom. The van der Waals surface area contributed by atoms with Crippen LogP contribution in [0.1, 0.15) is 5.56 Å². The molecule has 0 saturated carbocycles. The molecule has 0 unspecified atom stereocenters. The molecule has 0 fully saturated rings. The molecule has 1 rings (SSSR count). The van der Waals surface area contributed by atoms with E-state index >= 15 is 0 Å². The Kier molecular flexibility index (Phi) is 1.70. The third-order valence-electron chi connectivity index (χ3n) is 1.18. The van der Waals surface area contributed by atoms with E-state index in [0.29, 0.717) is 6.54 Å². The lowest BCUT2D eigenvalue weighted by Crippen LogP contribution is -2.00. The Morgan fingerprint density at radius 2 is 2.33 bits per heavy atom. The summed E-state index contributed by atoms with van der Waals surface area (Å²) in [6.07, 6.45) is 0. The minimum absolute atomic E-state index is 0.465. The van der Waals surface area contributed by atoms with E-state index < -0.39 is 0 Å². The molecule has 0 saturated heterocycles. The van der Waals surface area contributed by atoms with E-state index in [4.69, 9.17) is 11.5 Å². The highest BCUT2D eigenvalue weighted by Crippen LogP contribution is 2.07. The van der Waals surface area contributed by atoms with Gasteiger partial charge in [-0.15, -0.1) is 0 Å². The summed E-state index contributed by atoms with van der Waals surface area (Å²) in [4.78, 5) is 0. The van der Waals surface area contributed by atoms with Crippen molar-refractivity contribution in [3.05, 3.63) is 29.8 Å². The van der Waals surface area contributed by atoms with Gasteiger partial charge in [-0.25, -0.2) is 0 Å². The van der Waals surface area contributed by atoms with Gasteiger partial charge >= 0.3 is 0 Å². The molecule has 9 heavy (non-hydrogen) atoms. The Hall–Kier alpha value is -1.02. The Bertz CT molecular complexity index is 196. The summed E-state index contributed by atoms with van der Waals surface area (Å²) in [5.41, 5.74) is 12.5. The number of nitrogens with two attached hydrogens (primary N) is 2. The van der Waals surface area contributed by atoms with Gasteiger partial charge in [0.15, 0.2) is 0 Å². The monoisotopic (exact) mass is 121 g/mol. The highest BCUT2D eigenvalue weighted by molar-refractivity contribution is 5.45. The minimum Gasteiger partial charge on any atom is -0.398 e. The van der Waals surface area contributed by atoms with Gasteiger partial charge in [-0.3, -0.25) is 0 Å². The van der Waals surface area contributed by atoms with Crippen LogP contribution in [-0.4, -0.2) is 0 Å². The molecule has 0 bridgehead atoms. The van der Waals surface area contributed by atoms with Crippen molar-refractivity contribution in [3.63, 3.8) is 0 Å². The van der Waals surface area contributed by atoms with Gasteiger partial charge in [0.2, 0.25) is 0 Å². The number of rotatable bonds is 1. The first-order valence-electron chi connectivity index (χ1n) is 2.79. The molecule has 0 spiro atoms. The Labute approximate surface area is 54.5 Å². The maximum atomic E-state index is 5.52. The molecular weight excluding hydrogens is 112 g/mol. The summed E-state index contributed by atoms with van der Waals surface area (Å²) in [7, 11) is 0. The van der Waals surface area contributed by atoms with Gasteiger partial charge in [0.1, 0.15) is 0 Å².